The summed E-state index contributed by atoms with van der Waals surface area (Å²) < 4.78 is 40.7. The molecule has 1 aromatic rings. The molecule has 0 aromatic heterocycles. The Hall–Kier alpha value is -1.96. The van der Waals surface area contributed by atoms with Gasteiger partial charge in [0, 0.05) is 13.1 Å². The van der Waals surface area contributed by atoms with Crippen molar-refractivity contribution in [3.05, 3.63) is 29.8 Å². The second kappa shape index (κ2) is 7.54. The number of ether oxygens (including phenoxy) is 1. The summed E-state index contributed by atoms with van der Waals surface area (Å²) in [6.45, 7) is -0.520. The molecule has 2 N–H and O–H groups in total. The SMILES string of the molecule is O=C(NCc1ccc(OCC(F)(F)F)cc1)N1CCC[C@H]1CO. The van der Waals surface area contributed by atoms with Crippen molar-refractivity contribution in [2.45, 2.75) is 31.6 Å². The predicted molar refractivity (Wildman–Crippen MR) is 77.0 cm³/mol. The number of nitrogens with one attached hydrogen (secondary N) is 1. The monoisotopic (exact) mass is 332 g/mol. The first-order valence-electron chi connectivity index (χ1n) is 7.33. The third kappa shape index (κ3) is 5.31. The van der Waals surface area contributed by atoms with Crippen LogP contribution in [0.5, 0.6) is 5.75 Å². The molecule has 128 valence electrons. The average molecular weight is 332 g/mol. The number of hydrogen-bond acceptors (Lipinski definition) is 3. The van der Waals surface area contributed by atoms with E-state index in [1.165, 1.54) is 12.1 Å². The number of rotatable bonds is 5. The topological polar surface area (TPSA) is 61.8 Å². The molecule has 2 rings (SSSR count). The molecule has 0 radical (unpaired) electrons. The highest BCUT2D eigenvalue weighted by Gasteiger charge is 2.29. The first-order valence-corrected chi connectivity index (χ1v) is 7.33. The van der Waals surface area contributed by atoms with Crippen LogP contribution < -0.4 is 10.1 Å². The Kier molecular flexibility index (Phi) is 5.70. The van der Waals surface area contributed by atoms with Crippen LogP contribution in [0.2, 0.25) is 0 Å². The fraction of sp³-hybridized carbons (Fsp3) is 0.533. The predicted octanol–water partition coefficient (Wildman–Crippen LogP) is 2.29. The summed E-state index contributed by atoms with van der Waals surface area (Å²) in [6, 6.07) is 5.66. The number of carbonyl (C=O) groups is 1. The minimum Gasteiger partial charge on any atom is -0.484 e. The number of aliphatic hydroxyl groups is 1. The summed E-state index contributed by atoms with van der Waals surface area (Å²) in [5, 5.41) is 11.9. The fourth-order valence-corrected chi connectivity index (χ4v) is 2.44. The third-order valence-corrected chi connectivity index (χ3v) is 3.62. The Morgan fingerprint density at radius 3 is 2.65 bits per heavy atom. The van der Waals surface area contributed by atoms with Crippen molar-refractivity contribution in [3.8, 4) is 5.75 Å². The van der Waals surface area contributed by atoms with Crippen molar-refractivity contribution < 1.29 is 27.8 Å². The zero-order valence-corrected chi connectivity index (χ0v) is 12.5. The van der Waals surface area contributed by atoms with E-state index in [1.54, 1.807) is 17.0 Å². The molecule has 0 spiro atoms. The summed E-state index contributed by atoms with van der Waals surface area (Å²) in [6.07, 6.45) is -2.72. The van der Waals surface area contributed by atoms with Gasteiger partial charge >= 0.3 is 12.2 Å². The van der Waals surface area contributed by atoms with E-state index in [-0.39, 0.29) is 31.0 Å². The number of nitrogens with zero attached hydrogens (tertiary/aromatic N) is 1. The summed E-state index contributed by atoms with van der Waals surface area (Å²) in [5.74, 6) is 0.122. The molecule has 1 atom stereocenters. The first-order chi connectivity index (χ1) is 10.9. The van der Waals surface area contributed by atoms with Gasteiger partial charge in [-0.05, 0) is 30.5 Å². The average Bonchev–Trinajstić information content (AvgIpc) is 2.99. The highest BCUT2D eigenvalue weighted by Crippen LogP contribution is 2.19. The molecule has 0 saturated carbocycles. The van der Waals surface area contributed by atoms with E-state index < -0.39 is 12.8 Å². The van der Waals surface area contributed by atoms with Gasteiger partial charge in [-0.2, -0.15) is 13.2 Å². The first kappa shape index (κ1) is 17.4. The Morgan fingerprint density at radius 1 is 1.35 bits per heavy atom. The van der Waals surface area contributed by atoms with Crippen LogP contribution in [0, 0.1) is 0 Å². The number of amides is 2. The summed E-state index contributed by atoms with van der Waals surface area (Å²) >= 11 is 0. The lowest BCUT2D eigenvalue weighted by atomic mass is 10.2. The minimum absolute atomic E-state index is 0.0569. The molecule has 2 amide bonds. The molecule has 1 aliphatic rings. The number of urea groups is 1. The molecular formula is C15H19F3N2O3. The lowest BCUT2D eigenvalue weighted by Gasteiger charge is -2.23. The number of hydrogen-bond donors (Lipinski definition) is 2. The van der Waals surface area contributed by atoms with Gasteiger partial charge in [-0.15, -0.1) is 0 Å². The lowest BCUT2D eigenvalue weighted by Crippen LogP contribution is -2.43. The molecular weight excluding hydrogens is 313 g/mol. The number of alkyl halides is 3. The van der Waals surface area contributed by atoms with Gasteiger partial charge in [0.2, 0.25) is 0 Å². The van der Waals surface area contributed by atoms with Crippen LogP contribution in [0.25, 0.3) is 0 Å². The number of likely N-dealkylation sites (tertiary alicyclic amines) is 1. The molecule has 1 aliphatic heterocycles. The van der Waals surface area contributed by atoms with E-state index >= 15 is 0 Å². The van der Waals surface area contributed by atoms with Gasteiger partial charge in [0.25, 0.3) is 0 Å². The van der Waals surface area contributed by atoms with Gasteiger partial charge < -0.3 is 20.1 Å². The van der Waals surface area contributed by atoms with Crippen molar-refractivity contribution >= 4 is 6.03 Å². The van der Waals surface area contributed by atoms with Crippen molar-refractivity contribution in [1.82, 2.24) is 10.2 Å². The van der Waals surface area contributed by atoms with Gasteiger partial charge in [0.1, 0.15) is 5.75 Å². The fourth-order valence-electron chi connectivity index (χ4n) is 2.44. The lowest BCUT2D eigenvalue weighted by molar-refractivity contribution is -0.153. The normalized spacial score (nSPS) is 18.1. The van der Waals surface area contributed by atoms with Gasteiger partial charge in [-0.3, -0.25) is 0 Å². The Bertz CT molecular complexity index is 520. The smallest absolute Gasteiger partial charge is 0.422 e. The van der Waals surface area contributed by atoms with Crippen LogP contribution in [-0.2, 0) is 6.54 Å². The van der Waals surface area contributed by atoms with Gasteiger partial charge in [-0.1, -0.05) is 12.1 Å². The van der Waals surface area contributed by atoms with Crippen LogP contribution in [0.4, 0.5) is 18.0 Å². The number of aliphatic hydroxyl groups excluding tert-OH is 1. The molecule has 23 heavy (non-hydrogen) atoms. The van der Waals surface area contributed by atoms with Crippen LogP contribution in [0.1, 0.15) is 18.4 Å². The molecule has 0 unspecified atom stereocenters. The summed E-state index contributed by atoms with van der Waals surface area (Å²) in [4.78, 5) is 13.6. The Labute approximate surface area is 132 Å². The third-order valence-electron chi connectivity index (χ3n) is 3.62. The molecule has 0 bridgehead atoms. The molecule has 1 fully saturated rings. The quantitative estimate of drug-likeness (QED) is 0.870. The number of carbonyl (C=O) groups excluding carboxylic acids is 1. The highest BCUT2D eigenvalue weighted by molar-refractivity contribution is 5.74. The Balaban J connectivity index is 1.81. The Morgan fingerprint density at radius 2 is 2.04 bits per heavy atom. The highest BCUT2D eigenvalue weighted by atomic mass is 19.4. The van der Waals surface area contributed by atoms with Gasteiger partial charge in [-0.25, -0.2) is 4.79 Å². The van der Waals surface area contributed by atoms with Crippen molar-refractivity contribution in [1.29, 1.82) is 0 Å². The van der Waals surface area contributed by atoms with Gasteiger partial charge in [0.05, 0.1) is 12.6 Å². The minimum atomic E-state index is -4.37. The molecule has 5 nitrogen and oxygen atoms in total. The van der Waals surface area contributed by atoms with Crippen LogP contribution in [-0.4, -0.2) is 48.0 Å². The molecule has 1 aromatic carbocycles. The molecule has 8 heteroatoms. The van der Waals surface area contributed by atoms with E-state index in [4.69, 9.17) is 0 Å². The molecule has 0 aliphatic carbocycles. The van der Waals surface area contributed by atoms with Crippen LogP contribution in [0.3, 0.4) is 0 Å². The molecule has 1 heterocycles. The molecule has 1 saturated heterocycles. The van der Waals surface area contributed by atoms with E-state index in [0.29, 0.717) is 6.54 Å². The van der Waals surface area contributed by atoms with Crippen LogP contribution >= 0.6 is 0 Å². The largest absolute Gasteiger partial charge is 0.484 e. The maximum atomic E-state index is 12.0. The second-order valence-electron chi connectivity index (χ2n) is 5.38. The number of halogens is 3. The maximum absolute atomic E-state index is 12.0. The summed E-state index contributed by atoms with van der Waals surface area (Å²) in [5.41, 5.74) is 0.748. The standard InChI is InChI=1S/C15H19F3N2O3/c16-15(17,18)10-23-13-5-3-11(4-6-13)8-19-14(22)20-7-1-2-12(20)9-21/h3-6,12,21H,1-2,7-10H2,(H,19,22)/t12-/m0/s1. The van der Waals surface area contributed by atoms with E-state index in [1.807, 2.05) is 0 Å². The van der Waals surface area contributed by atoms with E-state index in [2.05, 4.69) is 10.1 Å². The summed E-state index contributed by atoms with van der Waals surface area (Å²) in [7, 11) is 0. The maximum Gasteiger partial charge on any atom is 0.422 e. The van der Waals surface area contributed by atoms with Crippen molar-refractivity contribution in [2.75, 3.05) is 19.8 Å². The van der Waals surface area contributed by atoms with Crippen LogP contribution in [0.15, 0.2) is 24.3 Å². The zero-order valence-electron chi connectivity index (χ0n) is 12.5. The zero-order chi connectivity index (χ0) is 16.9. The van der Waals surface area contributed by atoms with Crippen molar-refractivity contribution in [2.24, 2.45) is 0 Å². The van der Waals surface area contributed by atoms with Gasteiger partial charge in [0.15, 0.2) is 6.61 Å². The van der Waals surface area contributed by atoms with E-state index in [9.17, 15) is 23.1 Å². The van der Waals surface area contributed by atoms with E-state index in [0.717, 1.165) is 18.4 Å². The number of benzene rings is 1. The van der Waals surface area contributed by atoms with Crippen molar-refractivity contribution in [3.63, 3.8) is 0 Å². The second-order valence-corrected chi connectivity index (χ2v) is 5.38.